The SMILES string of the molecule is N[C@H]1CCCC[C@@H]1Oc1ccc2c(c1)CN(C1CCC(=O)N(CO)C1=O)C2=O. The number of nitrogens with zero attached hydrogens (tertiary/aromatic N) is 2. The van der Waals surface area contributed by atoms with Gasteiger partial charge in [-0.3, -0.25) is 19.3 Å². The first-order valence-electron chi connectivity index (χ1n) is 9.81. The molecule has 1 aromatic carbocycles. The summed E-state index contributed by atoms with van der Waals surface area (Å²) in [5, 5.41) is 9.30. The Morgan fingerprint density at radius 1 is 1.14 bits per heavy atom. The highest BCUT2D eigenvalue weighted by Crippen LogP contribution is 2.32. The van der Waals surface area contributed by atoms with Gasteiger partial charge in [0.1, 0.15) is 24.6 Å². The molecule has 3 amide bonds. The lowest BCUT2D eigenvalue weighted by Gasteiger charge is -2.34. The molecule has 3 atom stereocenters. The first kappa shape index (κ1) is 18.9. The summed E-state index contributed by atoms with van der Waals surface area (Å²) in [5.74, 6) is -0.489. The quantitative estimate of drug-likeness (QED) is 0.738. The van der Waals surface area contributed by atoms with Crippen molar-refractivity contribution in [2.24, 2.45) is 5.73 Å². The van der Waals surface area contributed by atoms with E-state index < -0.39 is 24.6 Å². The van der Waals surface area contributed by atoms with Crippen LogP contribution in [0.15, 0.2) is 18.2 Å². The topological polar surface area (TPSA) is 113 Å². The van der Waals surface area contributed by atoms with E-state index in [4.69, 9.17) is 10.5 Å². The zero-order chi connectivity index (χ0) is 19.8. The summed E-state index contributed by atoms with van der Waals surface area (Å²) in [6.07, 6.45) is 4.47. The molecule has 0 bridgehead atoms. The Bertz CT molecular complexity index is 811. The number of likely N-dealkylation sites (tertiary alicyclic amines) is 1. The van der Waals surface area contributed by atoms with E-state index in [1.54, 1.807) is 12.1 Å². The molecule has 0 spiro atoms. The van der Waals surface area contributed by atoms with Gasteiger partial charge in [0.2, 0.25) is 5.91 Å². The first-order valence-corrected chi connectivity index (χ1v) is 9.81. The first-order chi connectivity index (χ1) is 13.5. The number of rotatable bonds is 4. The third kappa shape index (κ3) is 3.27. The van der Waals surface area contributed by atoms with Crippen LogP contribution in [0, 0.1) is 0 Å². The van der Waals surface area contributed by atoms with Gasteiger partial charge < -0.3 is 20.5 Å². The molecule has 150 valence electrons. The minimum atomic E-state index is -0.735. The molecule has 3 aliphatic rings. The summed E-state index contributed by atoms with van der Waals surface area (Å²) in [6, 6.07) is 4.62. The Morgan fingerprint density at radius 2 is 1.93 bits per heavy atom. The van der Waals surface area contributed by atoms with Gasteiger partial charge in [-0.05, 0) is 49.4 Å². The monoisotopic (exact) mass is 387 g/mol. The van der Waals surface area contributed by atoms with E-state index in [0.717, 1.165) is 36.1 Å². The molecular formula is C20H25N3O5. The van der Waals surface area contributed by atoms with Crippen molar-refractivity contribution in [2.45, 2.75) is 63.3 Å². The molecule has 0 radical (unpaired) electrons. The molecule has 1 saturated heterocycles. The van der Waals surface area contributed by atoms with Gasteiger partial charge in [0.05, 0.1) is 0 Å². The van der Waals surface area contributed by atoms with E-state index in [0.29, 0.717) is 11.3 Å². The summed E-state index contributed by atoms with van der Waals surface area (Å²) in [5.41, 5.74) is 7.50. The van der Waals surface area contributed by atoms with Gasteiger partial charge in [0.25, 0.3) is 11.8 Å². The van der Waals surface area contributed by atoms with Crippen LogP contribution in [0.3, 0.4) is 0 Å². The van der Waals surface area contributed by atoms with Crippen LogP contribution in [-0.2, 0) is 16.1 Å². The van der Waals surface area contributed by atoms with Crippen molar-refractivity contribution in [3.8, 4) is 5.75 Å². The van der Waals surface area contributed by atoms with Gasteiger partial charge in [-0.1, -0.05) is 6.42 Å². The van der Waals surface area contributed by atoms with Crippen molar-refractivity contribution in [1.29, 1.82) is 0 Å². The summed E-state index contributed by atoms with van der Waals surface area (Å²) in [7, 11) is 0. The molecular weight excluding hydrogens is 362 g/mol. The van der Waals surface area contributed by atoms with E-state index in [-0.39, 0.29) is 37.4 Å². The molecule has 3 N–H and O–H groups in total. The Balaban J connectivity index is 1.50. The van der Waals surface area contributed by atoms with E-state index >= 15 is 0 Å². The zero-order valence-electron chi connectivity index (χ0n) is 15.7. The third-order valence-electron chi connectivity index (χ3n) is 5.95. The molecule has 4 rings (SSSR count). The number of imide groups is 1. The number of carbonyl (C=O) groups excluding carboxylic acids is 3. The predicted molar refractivity (Wildman–Crippen MR) is 99.1 cm³/mol. The van der Waals surface area contributed by atoms with E-state index in [9.17, 15) is 19.5 Å². The Hall–Kier alpha value is -2.45. The standard InChI is InChI=1S/C20H25N3O5/c21-15-3-1-2-4-17(15)28-13-5-6-14-12(9-13)10-22(19(14)26)16-7-8-18(25)23(11-24)20(16)27/h5-6,9,15-17,24H,1-4,7-8,10-11,21H2/t15-,16?,17-/m0/s1. The van der Waals surface area contributed by atoms with E-state index in [1.807, 2.05) is 6.07 Å². The van der Waals surface area contributed by atoms with Crippen LogP contribution in [0.4, 0.5) is 0 Å². The van der Waals surface area contributed by atoms with Crippen LogP contribution in [0.25, 0.3) is 0 Å². The maximum absolute atomic E-state index is 12.8. The minimum absolute atomic E-state index is 0.0157. The smallest absolute Gasteiger partial charge is 0.255 e. The van der Waals surface area contributed by atoms with Crippen molar-refractivity contribution in [1.82, 2.24) is 9.80 Å². The van der Waals surface area contributed by atoms with Crippen molar-refractivity contribution in [3.63, 3.8) is 0 Å². The summed E-state index contributed by atoms with van der Waals surface area (Å²) in [6.45, 7) is -0.380. The van der Waals surface area contributed by atoms with Crippen LogP contribution < -0.4 is 10.5 Å². The molecule has 8 nitrogen and oxygen atoms in total. The summed E-state index contributed by atoms with van der Waals surface area (Å²) in [4.78, 5) is 39.4. The molecule has 2 fully saturated rings. The lowest BCUT2D eigenvalue weighted by atomic mass is 9.93. The van der Waals surface area contributed by atoms with Gasteiger partial charge in [0.15, 0.2) is 0 Å². The summed E-state index contributed by atoms with van der Waals surface area (Å²) >= 11 is 0. The van der Waals surface area contributed by atoms with Crippen LogP contribution in [0.2, 0.25) is 0 Å². The number of carbonyl (C=O) groups is 3. The third-order valence-corrected chi connectivity index (χ3v) is 5.95. The van der Waals surface area contributed by atoms with Gasteiger partial charge in [-0.2, -0.15) is 0 Å². The maximum Gasteiger partial charge on any atom is 0.255 e. The number of amides is 3. The lowest BCUT2D eigenvalue weighted by Crippen LogP contribution is -2.54. The highest BCUT2D eigenvalue weighted by molar-refractivity contribution is 6.05. The number of ether oxygens (including phenoxy) is 1. The predicted octanol–water partition coefficient (Wildman–Crippen LogP) is 0.758. The maximum atomic E-state index is 12.8. The van der Waals surface area contributed by atoms with Gasteiger partial charge in [-0.15, -0.1) is 0 Å². The number of fused-ring (bicyclic) bond motifs is 1. The van der Waals surface area contributed by atoms with Crippen LogP contribution in [0.1, 0.15) is 54.4 Å². The number of aliphatic hydroxyl groups is 1. The van der Waals surface area contributed by atoms with Gasteiger partial charge in [-0.25, -0.2) is 0 Å². The average molecular weight is 387 g/mol. The van der Waals surface area contributed by atoms with Crippen LogP contribution in [0.5, 0.6) is 5.75 Å². The fraction of sp³-hybridized carbons (Fsp3) is 0.550. The van der Waals surface area contributed by atoms with Crippen molar-refractivity contribution in [2.75, 3.05) is 6.73 Å². The number of nitrogens with two attached hydrogens (primary N) is 1. The Labute approximate surface area is 163 Å². The molecule has 28 heavy (non-hydrogen) atoms. The second-order valence-corrected chi connectivity index (χ2v) is 7.71. The normalized spacial score (nSPS) is 27.9. The van der Waals surface area contributed by atoms with Crippen LogP contribution in [-0.4, -0.2) is 57.5 Å². The van der Waals surface area contributed by atoms with Gasteiger partial charge >= 0.3 is 0 Å². The number of hydrogen-bond acceptors (Lipinski definition) is 6. The molecule has 0 aromatic heterocycles. The molecule has 1 aliphatic carbocycles. The average Bonchev–Trinajstić information content (AvgIpc) is 3.00. The molecule has 2 aliphatic heterocycles. The molecule has 8 heteroatoms. The van der Waals surface area contributed by atoms with Gasteiger partial charge in [0, 0.05) is 24.6 Å². The second-order valence-electron chi connectivity index (χ2n) is 7.71. The number of piperidine rings is 1. The van der Waals surface area contributed by atoms with Crippen molar-refractivity contribution < 1.29 is 24.2 Å². The molecule has 2 heterocycles. The minimum Gasteiger partial charge on any atom is -0.489 e. The number of benzene rings is 1. The number of aliphatic hydroxyl groups excluding tert-OH is 1. The van der Waals surface area contributed by atoms with E-state index in [1.165, 1.54) is 4.90 Å². The number of hydrogen-bond donors (Lipinski definition) is 2. The zero-order valence-corrected chi connectivity index (χ0v) is 15.7. The second kappa shape index (κ2) is 7.52. The Morgan fingerprint density at radius 3 is 2.68 bits per heavy atom. The van der Waals surface area contributed by atoms with E-state index in [2.05, 4.69) is 0 Å². The van der Waals surface area contributed by atoms with Crippen LogP contribution >= 0.6 is 0 Å². The Kier molecular flexibility index (Phi) is 5.07. The molecule has 1 unspecified atom stereocenters. The fourth-order valence-electron chi connectivity index (χ4n) is 4.35. The molecule has 1 saturated carbocycles. The largest absolute Gasteiger partial charge is 0.489 e. The lowest BCUT2D eigenvalue weighted by molar-refractivity contribution is -0.156. The summed E-state index contributed by atoms with van der Waals surface area (Å²) < 4.78 is 6.07. The van der Waals surface area contributed by atoms with Crippen molar-refractivity contribution in [3.05, 3.63) is 29.3 Å². The fourth-order valence-corrected chi connectivity index (χ4v) is 4.35. The van der Waals surface area contributed by atoms with Crippen molar-refractivity contribution >= 4 is 17.7 Å². The molecule has 1 aromatic rings. The highest BCUT2D eigenvalue weighted by Gasteiger charge is 2.42. The highest BCUT2D eigenvalue weighted by atomic mass is 16.5.